The van der Waals surface area contributed by atoms with Gasteiger partial charge < -0.3 is 15.0 Å². The highest BCUT2D eigenvalue weighted by molar-refractivity contribution is 5.94. The van der Waals surface area contributed by atoms with Crippen molar-refractivity contribution in [2.24, 2.45) is 0 Å². The number of carbonyl (C=O) groups is 1. The molecule has 3 heterocycles. The van der Waals surface area contributed by atoms with E-state index in [1.807, 2.05) is 42.5 Å². The summed E-state index contributed by atoms with van der Waals surface area (Å²) in [6.45, 7) is 4.71. The van der Waals surface area contributed by atoms with E-state index in [2.05, 4.69) is 26.1 Å². The molecule has 1 aromatic carbocycles. The van der Waals surface area contributed by atoms with Gasteiger partial charge in [0.05, 0.1) is 12.2 Å². The highest BCUT2D eigenvalue weighted by Gasteiger charge is 2.24. The van der Waals surface area contributed by atoms with Crippen LogP contribution in [0.15, 0.2) is 48.7 Å². The smallest absolute Gasteiger partial charge is 0.251 e. The van der Waals surface area contributed by atoms with Crippen LogP contribution in [0.3, 0.4) is 0 Å². The van der Waals surface area contributed by atoms with Gasteiger partial charge in [-0.15, -0.1) is 0 Å². The molecule has 2 saturated heterocycles. The minimum Gasteiger partial charge on any atom is -0.490 e. The zero-order valence-electron chi connectivity index (χ0n) is 16.6. The van der Waals surface area contributed by atoms with Crippen LogP contribution >= 0.6 is 0 Å². The lowest BCUT2D eigenvalue weighted by atomic mass is 10.1. The first kappa shape index (κ1) is 19.8. The standard InChI is InChI=1S/C22H29N5O2/c28-22(24-15-18-3-1-2-11-23-18)17-4-6-20(7-5-17)29-21-9-13-27(14-10-21)16-19-8-12-25-26-19/h1-7,11,19,21,25-26H,8-10,12-16H2,(H,24,28). The summed E-state index contributed by atoms with van der Waals surface area (Å²) >= 11 is 0. The van der Waals surface area contributed by atoms with Gasteiger partial charge in [0.25, 0.3) is 5.91 Å². The Morgan fingerprint density at radius 3 is 2.66 bits per heavy atom. The molecule has 3 N–H and O–H groups in total. The summed E-state index contributed by atoms with van der Waals surface area (Å²) in [6, 6.07) is 13.6. The van der Waals surface area contributed by atoms with Gasteiger partial charge in [-0.1, -0.05) is 6.07 Å². The number of nitrogens with one attached hydrogen (secondary N) is 3. The summed E-state index contributed by atoms with van der Waals surface area (Å²) < 4.78 is 6.14. The van der Waals surface area contributed by atoms with E-state index in [0.29, 0.717) is 18.2 Å². The number of amides is 1. The molecule has 0 spiro atoms. The molecule has 2 aromatic rings. The number of ether oxygens (including phenoxy) is 1. The largest absolute Gasteiger partial charge is 0.490 e. The van der Waals surface area contributed by atoms with Gasteiger partial charge in [0.2, 0.25) is 0 Å². The molecule has 1 atom stereocenters. The van der Waals surface area contributed by atoms with Crippen molar-refractivity contribution >= 4 is 5.91 Å². The van der Waals surface area contributed by atoms with Gasteiger partial charge in [-0.2, -0.15) is 0 Å². The van der Waals surface area contributed by atoms with Crippen LogP contribution in [0.1, 0.15) is 35.3 Å². The molecule has 0 radical (unpaired) electrons. The number of benzene rings is 1. The Morgan fingerprint density at radius 2 is 1.97 bits per heavy atom. The molecule has 1 amide bonds. The predicted octanol–water partition coefficient (Wildman–Crippen LogP) is 1.72. The predicted molar refractivity (Wildman–Crippen MR) is 111 cm³/mol. The number of hydrazine groups is 1. The fraction of sp³-hybridized carbons (Fsp3) is 0.455. The van der Waals surface area contributed by atoms with Crippen LogP contribution in [0.25, 0.3) is 0 Å². The van der Waals surface area contributed by atoms with Crippen LogP contribution in [0, 0.1) is 0 Å². The quantitative estimate of drug-likeness (QED) is 0.663. The number of pyridine rings is 1. The zero-order chi connectivity index (χ0) is 19.9. The van der Waals surface area contributed by atoms with Crippen LogP contribution in [0.5, 0.6) is 5.75 Å². The third-order valence-corrected chi connectivity index (χ3v) is 5.51. The fourth-order valence-electron chi connectivity index (χ4n) is 3.85. The molecule has 2 fully saturated rings. The summed E-state index contributed by atoms with van der Waals surface area (Å²) in [4.78, 5) is 19.0. The molecule has 7 heteroatoms. The first-order valence-electron chi connectivity index (χ1n) is 10.4. The highest BCUT2D eigenvalue weighted by Crippen LogP contribution is 2.20. The Labute approximate surface area is 171 Å². The minimum atomic E-state index is -0.106. The fourth-order valence-corrected chi connectivity index (χ4v) is 3.85. The summed E-state index contributed by atoms with van der Waals surface area (Å²) in [5.41, 5.74) is 7.99. The Kier molecular flexibility index (Phi) is 6.71. The number of likely N-dealkylation sites (tertiary alicyclic amines) is 1. The zero-order valence-corrected chi connectivity index (χ0v) is 16.6. The maximum atomic E-state index is 12.3. The highest BCUT2D eigenvalue weighted by atomic mass is 16.5. The van der Waals surface area contributed by atoms with Crippen molar-refractivity contribution in [3.63, 3.8) is 0 Å². The molecule has 0 saturated carbocycles. The summed E-state index contributed by atoms with van der Waals surface area (Å²) in [5, 5.41) is 2.89. The first-order chi connectivity index (χ1) is 14.3. The van der Waals surface area contributed by atoms with Crippen molar-refractivity contribution in [2.75, 3.05) is 26.2 Å². The van der Waals surface area contributed by atoms with Gasteiger partial charge >= 0.3 is 0 Å². The maximum absolute atomic E-state index is 12.3. The lowest BCUT2D eigenvalue weighted by molar-refractivity contribution is 0.0945. The average Bonchev–Trinajstić information content (AvgIpc) is 3.28. The van der Waals surface area contributed by atoms with Crippen LogP contribution in [0.4, 0.5) is 0 Å². The van der Waals surface area contributed by atoms with Crippen LogP contribution < -0.4 is 20.9 Å². The van der Waals surface area contributed by atoms with Crippen LogP contribution in [-0.2, 0) is 6.54 Å². The van der Waals surface area contributed by atoms with E-state index in [1.54, 1.807) is 6.20 Å². The second-order valence-electron chi connectivity index (χ2n) is 7.70. The molecule has 7 nitrogen and oxygen atoms in total. The lowest BCUT2D eigenvalue weighted by Gasteiger charge is -2.33. The molecule has 4 rings (SSSR count). The molecular weight excluding hydrogens is 366 g/mol. The molecular formula is C22H29N5O2. The molecule has 1 aromatic heterocycles. The van der Waals surface area contributed by atoms with E-state index < -0.39 is 0 Å². The Balaban J connectivity index is 1.21. The molecule has 29 heavy (non-hydrogen) atoms. The van der Waals surface area contributed by atoms with E-state index >= 15 is 0 Å². The lowest BCUT2D eigenvalue weighted by Crippen LogP contribution is -2.45. The van der Waals surface area contributed by atoms with E-state index in [9.17, 15) is 4.79 Å². The normalized spacial score (nSPS) is 20.5. The van der Waals surface area contributed by atoms with Crippen molar-refractivity contribution in [3.8, 4) is 5.75 Å². The number of rotatable bonds is 7. The van der Waals surface area contributed by atoms with Gasteiger partial charge in [-0.25, -0.2) is 0 Å². The van der Waals surface area contributed by atoms with Crippen molar-refractivity contribution in [1.29, 1.82) is 0 Å². The van der Waals surface area contributed by atoms with Crippen LogP contribution in [0.2, 0.25) is 0 Å². The van der Waals surface area contributed by atoms with Crippen molar-refractivity contribution in [1.82, 2.24) is 26.1 Å². The van der Waals surface area contributed by atoms with Gasteiger partial charge in [0.1, 0.15) is 11.9 Å². The SMILES string of the molecule is O=C(NCc1ccccn1)c1ccc(OC2CCN(CC3CCNN3)CC2)cc1. The molecule has 0 aliphatic carbocycles. The maximum Gasteiger partial charge on any atom is 0.251 e. The topological polar surface area (TPSA) is 78.5 Å². The third kappa shape index (κ3) is 5.76. The summed E-state index contributed by atoms with van der Waals surface area (Å²) in [7, 11) is 0. The van der Waals surface area contributed by atoms with E-state index in [0.717, 1.165) is 50.5 Å². The number of hydrogen-bond acceptors (Lipinski definition) is 6. The Bertz CT molecular complexity index is 770. The number of carbonyl (C=O) groups excluding carboxylic acids is 1. The van der Waals surface area contributed by atoms with Crippen molar-refractivity contribution in [2.45, 2.75) is 38.0 Å². The minimum absolute atomic E-state index is 0.106. The second kappa shape index (κ2) is 9.82. The van der Waals surface area contributed by atoms with Gasteiger partial charge in [-0.3, -0.25) is 20.6 Å². The number of aromatic nitrogens is 1. The molecule has 2 aliphatic heterocycles. The number of hydrogen-bond donors (Lipinski definition) is 3. The average molecular weight is 396 g/mol. The van der Waals surface area contributed by atoms with Gasteiger partial charge in [-0.05, 0) is 55.7 Å². The molecule has 0 bridgehead atoms. The monoisotopic (exact) mass is 395 g/mol. The second-order valence-corrected chi connectivity index (χ2v) is 7.70. The first-order valence-corrected chi connectivity index (χ1v) is 10.4. The number of piperidine rings is 1. The van der Waals surface area contributed by atoms with E-state index in [4.69, 9.17) is 4.74 Å². The Morgan fingerprint density at radius 1 is 1.14 bits per heavy atom. The van der Waals surface area contributed by atoms with Crippen LogP contribution in [-0.4, -0.2) is 54.1 Å². The Hall–Kier alpha value is -2.48. The molecule has 1 unspecified atom stereocenters. The van der Waals surface area contributed by atoms with Gasteiger partial charge in [0, 0.05) is 44.0 Å². The van der Waals surface area contributed by atoms with Crippen molar-refractivity contribution in [3.05, 3.63) is 59.9 Å². The number of nitrogens with zero attached hydrogens (tertiary/aromatic N) is 2. The van der Waals surface area contributed by atoms with Crippen molar-refractivity contribution < 1.29 is 9.53 Å². The summed E-state index contributed by atoms with van der Waals surface area (Å²) in [5.74, 6) is 0.719. The van der Waals surface area contributed by atoms with E-state index in [-0.39, 0.29) is 12.0 Å². The van der Waals surface area contributed by atoms with E-state index in [1.165, 1.54) is 6.42 Å². The van der Waals surface area contributed by atoms with Gasteiger partial charge in [0.15, 0.2) is 0 Å². The molecule has 154 valence electrons. The summed E-state index contributed by atoms with van der Waals surface area (Å²) in [6.07, 6.45) is 5.22. The third-order valence-electron chi connectivity index (χ3n) is 5.51. The molecule has 2 aliphatic rings.